The van der Waals surface area contributed by atoms with Crippen molar-refractivity contribution in [2.45, 2.75) is 6.92 Å². The minimum absolute atomic E-state index is 0.268. The zero-order valence-electron chi connectivity index (χ0n) is 12.5. The third-order valence-electron chi connectivity index (χ3n) is 3.10. The summed E-state index contributed by atoms with van der Waals surface area (Å²) in [4.78, 5) is 16.4. The third-order valence-corrected chi connectivity index (χ3v) is 3.10. The number of benzene rings is 1. The maximum Gasteiger partial charge on any atom is 0.258 e. The molecule has 6 heteroatoms. The Kier molecular flexibility index (Phi) is 4.33. The first kappa shape index (κ1) is 14.8. The molecule has 0 bridgehead atoms. The lowest BCUT2D eigenvalue weighted by Crippen LogP contribution is -2.11. The molecule has 3 rings (SSSR count). The van der Waals surface area contributed by atoms with E-state index in [0.29, 0.717) is 23.6 Å². The van der Waals surface area contributed by atoms with Gasteiger partial charge in [0.15, 0.2) is 0 Å². The average molecular weight is 309 g/mol. The van der Waals surface area contributed by atoms with Crippen molar-refractivity contribution in [2.75, 3.05) is 11.9 Å². The molecule has 0 saturated carbocycles. The van der Waals surface area contributed by atoms with Crippen molar-refractivity contribution in [2.24, 2.45) is 0 Å². The number of nitrogens with one attached hydrogen (secondary N) is 1. The smallest absolute Gasteiger partial charge is 0.258 e. The highest BCUT2D eigenvalue weighted by atomic mass is 16.5. The number of carbonyl (C=O) groups excluding carboxylic acids is 1. The summed E-state index contributed by atoms with van der Waals surface area (Å²) < 4.78 is 10.5. The second-order valence-electron chi connectivity index (χ2n) is 4.70. The molecule has 1 aromatic carbocycles. The summed E-state index contributed by atoms with van der Waals surface area (Å²) in [6.07, 6.45) is 1.67. The van der Waals surface area contributed by atoms with Gasteiger partial charge in [0.2, 0.25) is 5.88 Å². The average Bonchev–Trinajstić information content (AvgIpc) is 3.05. The Morgan fingerprint density at radius 3 is 2.70 bits per heavy atom. The van der Waals surface area contributed by atoms with Crippen LogP contribution in [0.1, 0.15) is 17.3 Å². The van der Waals surface area contributed by atoms with Gasteiger partial charge < -0.3 is 9.26 Å². The van der Waals surface area contributed by atoms with E-state index in [1.807, 2.05) is 25.1 Å². The molecule has 23 heavy (non-hydrogen) atoms. The summed E-state index contributed by atoms with van der Waals surface area (Å²) in [7, 11) is 0. The van der Waals surface area contributed by atoms with Crippen LogP contribution in [0.3, 0.4) is 0 Å². The van der Waals surface area contributed by atoms with Crippen LogP contribution in [0.2, 0.25) is 0 Å². The molecule has 0 spiro atoms. The minimum Gasteiger partial charge on any atom is -0.494 e. The van der Waals surface area contributed by atoms with Gasteiger partial charge in [0.25, 0.3) is 5.91 Å². The monoisotopic (exact) mass is 309 g/mol. The standard InChI is InChI=1S/C17H15N3O3/c1-2-22-13-8-6-12(7-9-13)17(21)19-16-11-15(20-23-16)14-5-3-4-10-18-14/h3-11H,2H2,1H3,(H,19,21). The van der Waals surface area contributed by atoms with Crippen LogP contribution < -0.4 is 10.1 Å². The lowest BCUT2D eigenvalue weighted by atomic mass is 10.2. The molecule has 2 heterocycles. The predicted octanol–water partition coefficient (Wildman–Crippen LogP) is 3.39. The summed E-state index contributed by atoms with van der Waals surface area (Å²) in [5, 5.41) is 6.56. The van der Waals surface area contributed by atoms with Gasteiger partial charge in [0, 0.05) is 17.8 Å². The minimum atomic E-state index is -0.281. The molecule has 1 amide bonds. The molecule has 0 aliphatic rings. The van der Waals surface area contributed by atoms with Crippen LogP contribution in [0.15, 0.2) is 59.3 Å². The van der Waals surface area contributed by atoms with Crippen molar-refractivity contribution in [3.63, 3.8) is 0 Å². The van der Waals surface area contributed by atoms with Crippen LogP contribution in [0.4, 0.5) is 5.88 Å². The highest BCUT2D eigenvalue weighted by Crippen LogP contribution is 2.20. The number of anilines is 1. The quantitative estimate of drug-likeness (QED) is 0.781. The molecule has 0 aliphatic heterocycles. The van der Waals surface area contributed by atoms with E-state index in [4.69, 9.17) is 9.26 Å². The molecule has 0 saturated heterocycles. The molecular formula is C17H15N3O3. The molecule has 1 N–H and O–H groups in total. The molecule has 0 fully saturated rings. The highest BCUT2D eigenvalue weighted by molar-refractivity contribution is 6.03. The summed E-state index contributed by atoms with van der Waals surface area (Å²) in [6.45, 7) is 2.49. The number of rotatable bonds is 5. The predicted molar refractivity (Wildman–Crippen MR) is 85.3 cm³/mol. The summed E-state index contributed by atoms with van der Waals surface area (Å²) >= 11 is 0. The van der Waals surface area contributed by atoms with Gasteiger partial charge in [0.1, 0.15) is 11.4 Å². The SMILES string of the molecule is CCOc1ccc(C(=O)Nc2cc(-c3ccccn3)no2)cc1. The Balaban J connectivity index is 1.69. The van der Waals surface area contributed by atoms with E-state index in [-0.39, 0.29) is 11.8 Å². The Morgan fingerprint density at radius 1 is 1.17 bits per heavy atom. The fourth-order valence-electron chi connectivity index (χ4n) is 2.02. The zero-order valence-corrected chi connectivity index (χ0v) is 12.5. The number of amides is 1. The van der Waals surface area contributed by atoms with Crippen molar-refractivity contribution in [1.82, 2.24) is 10.1 Å². The van der Waals surface area contributed by atoms with Crippen molar-refractivity contribution < 1.29 is 14.1 Å². The topological polar surface area (TPSA) is 77.2 Å². The van der Waals surface area contributed by atoms with Gasteiger partial charge in [0.05, 0.1) is 12.3 Å². The van der Waals surface area contributed by atoms with Crippen LogP contribution in [0.5, 0.6) is 5.75 Å². The number of hydrogen-bond acceptors (Lipinski definition) is 5. The molecule has 0 atom stereocenters. The van der Waals surface area contributed by atoms with E-state index in [1.54, 1.807) is 36.5 Å². The van der Waals surface area contributed by atoms with Crippen molar-refractivity contribution in [3.05, 3.63) is 60.3 Å². The molecule has 116 valence electrons. The number of hydrogen-bond donors (Lipinski definition) is 1. The molecule has 2 aromatic heterocycles. The summed E-state index contributed by atoms with van der Waals surface area (Å²) in [5.74, 6) is 0.711. The van der Waals surface area contributed by atoms with Gasteiger partial charge in [-0.3, -0.25) is 15.1 Å². The molecule has 0 aliphatic carbocycles. The van der Waals surface area contributed by atoms with Gasteiger partial charge in [-0.1, -0.05) is 11.2 Å². The normalized spacial score (nSPS) is 10.3. The van der Waals surface area contributed by atoms with E-state index >= 15 is 0 Å². The van der Waals surface area contributed by atoms with Crippen LogP contribution in [-0.4, -0.2) is 22.7 Å². The second kappa shape index (κ2) is 6.74. The Labute approximate surface area is 133 Å². The van der Waals surface area contributed by atoms with E-state index in [0.717, 1.165) is 5.75 Å². The molecule has 3 aromatic rings. The number of ether oxygens (including phenoxy) is 1. The molecular weight excluding hydrogens is 294 g/mol. The maximum absolute atomic E-state index is 12.2. The second-order valence-corrected chi connectivity index (χ2v) is 4.70. The van der Waals surface area contributed by atoms with Crippen LogP contribution in [0, 0.1) is 0 Å². The summed E-state index contributed by atoms with van der Waals surface area (Å²) in [5.41, 5.74) is 1.75. The van der Waals surface area contributed by atoms with Gasteiger partial charge in [-0.2, -0.15) is 0 Å². The first-order chi connectivity index (χ1) is 11.3. The first-order valence-corrected chi connectivity index (χ1v) is 7.18. The van der Waals surface area contributed by atoms with Crippen LogP contribution in [0.25, 0.3) is 11.4 Å². The lowest BCUT2D eigenvalue weighted by molar-refractivity contribution is 0.102. The van der Waals surface area contributed by atoms with Crippen molar-refractivity contribution in [1.29, 1.82) is 0 Å². The van der Waals surface area contributed by atoms with E-state index in [2.05, 4.69) is 15.5 Å². The van der Waals surface area contributed by atoms with Gasteiger partial charge >= 0.3 is 0 Å². The maximum atomic E-state index is 12.2. The Morgan fingerprint density at radius 2 is 2.00 bits per heavy atom. The zero-order chi connectivity index (χ0) is 16.1. The van der Waals surface area contributed by atoms with Crippen molar-refractivity contribution in [3.8, 4) is 17.1 Å². The van der Waals surface area contributed by atoms with Gasteiger partial charge in [-0.25, -0.2) is 0 Å². The lowest BCUT2D eigenvalue weighted by Gasteiger charge is -2.04. The number of nitrogens with zero attached hydrogens (tertiary/aromatic N) is 2. The van der Waals surface area contributed by atoms with Gasteiger partial charge in [-0.05, 0) is 43.3 Å². The Hall–Kier alpha value is -3.15. The van der Waals surface area contributed by atoms with Crippen molar-refractivity contribution >= 4 is 11.8 Å². The largest absolute Gasteiger partial charge is 0.494 e. The fourth-order valence-corrected chi connectivity index (χ4v) is 2.02. The van der Waals surface area contributed by atoms with E-state index in [9.17, 15) is 4.79 Å². The molecule has 0 unspecified atom stereocenters. The fraction of sp³-hybridized carbons (Fsp3) is 0.118. The third kappa shape index (κ3) is 3.55. The summed E-state index contributed by atoms with van der Waals surface area (Å²) in [6, 6.07) is 14.0. The molecule has 0 radical (unpaired) electrons. The van der Waals surface area contributed by atoms with E-state index in [1.165, 1.54) is 0 Å². The highest BCUT2D eigenvalue weighted by Gasteiger charge is 2.11. The van der Waals surface area contributed by atoms with Crippen LogP contribution >= 0.6 is 0 Å². The number of aromatic nitrogens is 2. The number of carbonyl (C=O) groups is 1. The van der Waals surface area contributed by atoms with E-state index < -0.39 is 0 Å². The first-order valence-electron chi connectivity index (χ1n) is 7.18. The van der Waals surface area contributed by atoms with Crippen LogP contribution in [-0.2, 0) is 0 Å². The Bertz CT molecular complexity index is 782. The molecule has 6 nitrogen and oxygen atoms in total. The number of pyridine rings is 1. The van der Waals surface area contributed by atoms with Gasteiger partial charge in [-0.15, -0.1) is 0 Å².